The number of rotatable bonds is 3. The van der Waals surface area contributed by atoms with Gasteiger partial charge in [-0.25, -0.2) is 0 Å². The lowest BCUT2D eigenvalue weighted by atomic mass is 10.0. The normalized spacial score (nSPS) is 15.6. The molecule has 0 saturated carbocycles. The smallest absolute Gasteiger partial charge is 0.251 e. The lowest BCUT2D eigenvalue weighted by Crippen LogP contribution is -2.48. The number of hydrogen-bond donors (Lipinski definition) is 2. The van der Waals surface area contributed by atoms with Gasteiger partial charge in [-0.05, 0) is 26.0 Å². The van der Waals surface area contributed by atoms with Crippen molar-refractivity contribution >= 4 is 5.91 Å². The number of carbonyl (C=O) groups is 1. The van der Waals surface area contributed by atoms with Gasteiger partial charge in [0, 0.05) is 31.1 Å². The minimum atomic E-state index is 0.0405. The summed E-state index contributed by atoms with van der Waals surface area (Å²) < 4.78 is 0. The van der Waals surface area contributed by atoms with Crippen LogP contribution in [0, 0.1) is 19.8 Å². The summed E-state index contributed by atoms with van der Waals surface area (Å²) in [6.07, 6.45) is 0. The Balaban J connectivity index is 1.96. The molecule has 0 radical (unpaired) electrons. The Morgan fingerprint density at radius 1 is 1.31 bits per heavy atom. The van der Waals surface area contributed by atoms with Crippen LogP contribution < -0.4 is 10.6 Å². The molecule has 1 aromatic carbocycles. The van der Waals surface area contributed by atoms with E-state index in [9.17, 15) is 4.79 Å². The van der Waals surface area contributed by atoms with E-state index in [0.29, 0.717) is 5.92 Å². The molecule has 1 amide bonds. The molecule has 3 nitrogen and oxygen atoms in total. The van der Waals surface area contributed by atoms with Gasteiger partial charge in [0.2, 0.25) is 0 Å². The van der Waals surface area contributed by atoms with Crippen molar-refractivity contribution in [3.05, 3.63) is 34.9 Å². The number of hydrogen-bond acceptors (Lipinski definition) is 2. The van der Waals surface area contributed by atoms with Crippen LogP contribution in [0.3, 0.4) is 0 Å². The summed E-state index contributed by atoms with van der Waals surface area (Å²) in [5, 5.41) is 6.17. The van der Waals surface area contributed by atoms with E-state index in [4.69, 9.17) is 0 Å². The van der Waals surface area contributed by atoms with Gasteiger partial charge in [-0.3, -0.25) is 4.79 Å². The molecule has 2 N–H and O–H groups in total. The van der Waals surface area contributed by atoms with Crippen molar-refractivity contribution in [2.24, 2.45) is 5.92 Å². The first-order valence-electron chi connectivity index (χ1n) is 5.72. The fourth-order valence-corrected chi connectivity index (χ4v) is 1.94. The highest BCUT2D eigenvalue weighted by Crippen LogP contribution is 2.09. The second-order valence-corrected chi connectivity index (χ2v) is 4.61. The molecule has 2 rings (SSSR count). The highest BCUT2D eigenvalue weighted by molar-refractivity contribution is 5.94. The highest BCUT2D eigenvalue weighted by Gasteiger charge is 2.17. The molecular weight excluding hydrogens is 200 g/mol. The van der Waals surface area contributed by atoms with E-state index in [1.165, 1.54) is 0 Å². The third-order valence-corrected chi connectivity index (χ3v) is 2.90. The summed E-state index contributed by atoms with van der Waals surface area (Å²) in [4.78, 5) is 11.9. The predicted molar refractivity (Wildman–Crippen MR) is 64.6 cm³/mol. The van der Waals surface area contributed by atoms with E-state index in [0.717, 1.165) is 36.3 Å². The molecule has 1 fully saturated rings. The van der Waals surface area contributed by atoms with E-state index < -0.39 is 0 Å². The van der Waals surface area contributed by atoms with Crippen LogP contribution in [-0.2, 0) is 0 Å². The topological polar surface area (TPSA) is 41.1 Å². The van der Waals surface area contributed by atoms with Crippen molar-refractivity contribution < 1.29 is 4.79 Å². The standard InChI is InChI=1S/C13H18N2O/c1-9-3-10(2)5-12(4-9)13(16)15-8-11-6-14-7-11/h3-5,11,14H,6-8H2,1-2H3,(H,15,16). The Bertz CT molecular complexity index is 377. The molecule has 1 saturated heterocycles. The lowest BCUT2D eigenvalue weighted by molar-refractivity contribution is 0.0942. The van der Waals surface area contributed by atoms with Crippen LogP contribution in [0.5, 0.6) is 0 Å². The Kier molecular flexibility index (Phi) is 3.25. The summed E-state index contributed by atoms with van der Waals surface area (Å²) in [5.74, 6) is 0.647. The molecule has 0 bridgehead atoms. The fourth-order valence-electron chi connectivity index (χ4n) is 1.94. The molecule has 1 aromatic rings. The molecule has 1 aliphatic rings. The maximum atomic E-state index is 11.9. The zero-order valence-electron chi connectivity index (χ0n) is 9.84. The van der Waals surface area contributed by atoms with Crippen molar-refractivity contribution in [2.75, 3.05) is 19.6 Å². The summed E-state index contributed by atoms with van der Waals surface area (Å²) in [6, 6.07) is 5.94. The largest absolute Gasteiger partial charge is 0.352 e. The van der Waals surface area contributed by atoms with Crippen LogP contribution in [0.1, 0.15) is 21.5 Å². The minimum Gasteiger partial charge on any atom is -0.352 e. The van der Waals surface area contributed by atoms with Crippen LogP contribution in [0.25, 0.3) is 0 Å². The monoisotopic (exact) mass is 218 g/mol. The van der Waals surface area contributed by atoms with Crippen molar-refractivity contribution in [1.82, 2.24) is 10.6 Å². The van der Waals surface area contributed by atoms with Gasteiger partial charge in [0.1, 0.15) is 0 Å². The third kappa shape index (κ3) is 2.61. The van der Waals surface area contributed by atoms with Crippen molar-refractivity contribution in [3.63, 3.8) is 0 Å². The predicted octanol–water partition coefficient (Wildman–Crippen LogP) is 1.25. The van der Waals surface area contributed by atoms with Gasteiger partial charge in [0.25, 0.3) is 5.91 Å². The van der Waals surface area contributed by atoms with Gasteiger partial charge in [-0.1, -0.05) is 17.2 Å². The zero-order valence-corrected chi connectivity index (χ0v) is 9.84. The molecule has 0 unspecified atom stereocenters. The maximum Gasteiger partial charge on any atom is 0.251 e. The van der Waals surface area contributed by atoms with Crippen LogP contribution in [0.4, 0.5) is 0 Å². The first-order chi connectivity index (χ1) is 7.65. The third-order valence-electron chi connectivity index (χ3n) is 2.90. The molecule has 0 aromatic heterocycles. The molecule has 1 aliphatic heterocycles. The van der Waals surface area contributed by atoms with Gasteiger partial charge in [-0.2, -0.15) is 0 Å². The zero-order chi connectivity index (χ0) is 11.5. The number of aryl methyl sites for hydroxylation is 2. The number of carbonyl (C=O) groups excluding carboxylic acids is 1. The first kappa shape index (κ1) is 11.1. The molecule has 86 valence electrons. The maximum absolute atomic E-state index is 11.9. The molecule has 0 aliphatic carbocycles. The van der Waals surface area contributed by atoms with Crippen molar-refractivity contribution in [2.45, 2.75) is 13.8 Å². The second kappa shape index (κ2) is 4.66. The van der Waals surface area contributed by atoms with Gasteiger partial charge >= 0.3 is 0 Å². The van der Waals surface area contributed by atoms with E-state index in [1.807, 2.05) is 26.0 Å². The Morgan fingerprint density at radius 3 is 2.44 bits per heavy atom. The molecule has 0 atom stereocenters. The van der Waals surface area contributed by atoms with Gasteiger partial charge in [0.15, 0.2) is 0 Å². The Morgan fingerprint density at radius 2 is 1.94 bits per heavy atom. The van der Waals surface area contributed by atoms with Crippen molar-refractivity contribution in [3.8, 4) is 0 Å². The van der Waals surface area contributed by atoms with Crippen LogP contribution in [0.2, 0.25) is 0 Å². The van der Waals surface area contributed by atoms with E-state index in [1.54, 1.807) is 0 Å². The molecule has 3 heteroatoms. The van der Waals surface area contributed by atoms with E-state index in [-0.39, 0.29) is 5.91 Å². The SMILES string of the molecule is Cc1cc(C)cc(C(=O)NCC2CNC2)c1. The van der Waals surface area contributed by atoms with E-state index >= 15 is 0 Å². The average molecular weight is 218 g/mol. The second-order valence-electron chi connectivity index (χ2n) is 4.61. The molecule has 16 heavy (non-hydrogen) atoms. The Labute approximate surface area is 96.2 Å². The van der Waals surface area contributed by atoms with Crippen LogP contribution in [0.15, 0.2) is 18.2 Å². The minimum absolute atomic E-state index is 0.0405. The number of nitrogens with one attached hydrogen (secondary N) is 2. The quantitative estimate of drug-likeness (QED) is 0.801. The van der Waals surface area contributed by atoms with E-state index in [2.05, 4.69) is 16.7 Å². The highest BCUT2D eigenvalue weighted by atomic mass is 16.1. The summed E-state index contributed by atoms with van der Waals surface area (Å²) in [7, 11) is 0. The Hall–Kier alpha value is -1.35. The molecule has 1 heterocycles. The van der Waals surface area contributed by atoms with Crippen molar-refractivity contribution in [1.29, 1.82) is 0 Å². The number of amides is 1. The van der Waals surface area contributed by atoms with Crippen LogP contribution >= 0.6 is 0 Å². The van der Waals surface area contributed by atoms with Crippen LogP contribution in [-0.4, -0.2) is 25.5 Å². The average Bonchev–Trinajstić information content (AvgIpc) is 2.13. The molecule has 0 spiro atoms. The summed E-state index contributed by atoms with van der Waals surface area (Å²) in [5.41, 5.74) is 3.04. The van der Waals surface area contributed by atoms with Gasteiger partial charge in [0.05, 0.1) is 0 Å². The van der Waals surface area contributed by atoms with Gasteiger partial charge in [-0.15, -0.1) is 0 Å². The fraction of sp³-hybridized carbons (Fsp3) is 0.462. The molecular formula is C13H18N2O. The van der Waals surface area contributed by atoms with Gasteiger partial charge < -0.3 is 10.6 Å². The first-order valence-corrected chi connectivity index (χ1v) is 5.72. The summed E-state index contributed by atoms with van der Waals surface area (Å²) in [6.45, 7) is 6.85. The lowest BCUT2D eigenvalue weighted by Gasteiger charge is -2.27. The number of benzene rings is 1. The summed E-state index contributed by atoms with van der Waals surface area (Å²) >= 11 is 0.